The molecule has 1 aromatic carbocycles. The van der Waals surface area contributed by atoms with E-state index in [0.29, 0.717) is 6.42 Å². The van der Waals surface area contributed by atoms with Crippen LogP contribution in [0.25, 0.3) is 0 Å². The summed E-state index contributed by atoms with van der Waals surface area (Å²) < 4.78 is 2.01. The van der Waals surface area contributed by atoms with Crippen LogP contribution in [0.4, 0.5) is 0 Å². The first kappa shape index (κ1) is 15.8. The zero-order valence-electron chi connectivity index (χ0n) is 13.3. The summed E-state index contributed by atoms with van der Waals surface area (Å²) in [6, 6.07) is 10.6. The van der Waals surface area contributed by atoms with Crippen molar-refractivity contribution in [2.75, 3.05) is 0 Å². The van der Waals surface area contributed by atoms with E-state index in [9.17, 15) is 5.11 Å². The molecule has 0 saturated carbocycles. The third-order valence-corrected chi connectivity index (χ3v) is 3.87. The largest absolute Gasteiger partial charge is 0.393 e. The summed E-state index contributed by atoms with van der Waals surface area (Å²) in [6.07, 6.45) is 3.03. The molecular formula is C18H26N2O. The molecule has 2 rings (SSSR count). The Balaban J connectivity index is 1.92. The van der Waals surface area contributed by atoms with Gasteiger partial charge in [0.1, 0.15) is 0 Å². The van der Waals surface area contributed by atoms with E-state index < -0.39 is 0 Å². The second-order valence-corrected chi connectivity index (χ2v) is 5.68. The SMILES string of the molecule is CCc1cc(CC(O)CCc2cccc(C)c2)n(CC)n1. The fraction of sp³-hybridized carbons (Fsp3) is 0.500. The van der Waals surface area contributed by atoms with Crippen molar-refractivity contribution in [2.45, 2.75) is 59.1 Å². The van der Waals surface area contributed by atoms with Gasteiger partial charge in [-0.15, -0.1) is 0 Å². The number of aryl methyl sites for hydroxylation is 4. The van der Waals surface area contributed by atoms with E-state index in [0.717, 1.165) is 37.2 Å². The van der Waals surface area contributed by atoms with Gasteiger partial charge < -0.3 is 5.11 Å². The van der Waals surface area contributed by atoms with Crippen LogP contribution < -0.4 is 0 Å². The molecule has 1 aromatic heterocycles. The normalized spacial score (nSPS) is 12.6. The Morgan fingerprint density at radius 3 is 2.71 bits per heavy atom. The Morgan fingerprint density at radius 1 is 1.24 bits per heavy atom. The minimum absolute atomic E-state index is 0.308. The van der Waals surface area contributed by atoms with Gasteiger partial charge in [0.15, 0.2) is 0 Å². The van der Waals surface area contributed by atoms with E-state index in [2.05, 4.69) is 56.2 Å². The summed E-state index contributed by atoms with van der Waals surface area (Å²) in [5.41, 5.74) is 4.83. The zero-order valence-corrected chi connectivity index (χ0v) is 13.3. The molecule has 1 unspecified atom stereocenters. The number of nitrogens with zero attached hydrogens (tertiary/aromatic N) is 2. The van der Waals surface area contributed by atoms with Gasteiger partial charge in [-0.1, -0.05) is 36.8 Å². The maximum absolute atomic E-state index is 10.3. The molecule has 0 aliphatic rings. The number of benzene rings is 1. The third kappa shape index (κ3) is 4.43. The molecule has 0 amide bonds. The predicted octanol–water partition coefficient (Wildman–Crippen LogP) is 3.31. The third-order valence-electron chi connectivity index (χ3n) is 3.87. The summed E-state index contributed by atoms with van der Waals surface area (Å²) in [7, 11) is 0. The highest BCUT2D eigenvalue weighted by atomic mass is 16.3. The number of aromatic nitrogens is 2. The Bertz CT molecular complexity index is 574. The quantitative estimate of drug-likeness (QED) is 0.848. The summed E-state index contributed by atoms with van der Waals surface area (Å²) in [6.45, 7) is 7.17. The lowest BCUT2D eigenvalue weighted by atomic mass is 10.0. The van der Waals surface area contributed by atoms with Crippen LogP contribution in [0.2, 0.25) is 0 Å². The molecule has 0 aliphatic carbocycles. The van der Waals surface area contributed by atoms with Crippen molar-refractivity contribution in [1.82, 2.24) is 9.78 Å². The number of hydrogen-bond donors (Lipinski definition) is 1. The van der Waals surface area contributed by atoms with E-state index in [1.165, 1.54) is 11.1 Å². The van der Waals surface area contributed by atoms with E-state index >= 15 is 0 Å². The second kappa shape index (κ2) is 7.41. The fourth-order valence-electron chi connectivity index (χ4n) is 2.67. The Kier molecular flexibility index (Phi) is 5.57. The molecule has 2 aromatic rings. The molecule has 0 radical (unpaired) electrons. The average Bonchev–Trinajstić information content (AvgIpc) is 2.87. The van der Waals surface area contributed by atoms with Crippen LogP contribution in [0.15, 0.2) is 30.3 Å². The van der Waals surface area contributed by atoms with Crippen molar-refractivity contribution in [3.8, 4) is 0 Å². The lowest BCUT2D eigenvalue weighted by Crippen LogP contribution is -2.15. The first-order valence-corrected chi connectivity index (χ1v) is 7.91. The van der Waals surface area contributed by atoms with E-state index in [1.54, 1.807) is 0 Å². The van der Waals surface area contributed by atoms with E-state index in [4.69, 9.17) is 0 Å². The van der Waals surface area contributed by atoms with Gasteiger partial charge in [0.05, 0.1) is 11.8 Å². The number of hydrogen-bond acceptors (Lipinski definition) is 2. The summed E-state index contributed by atoms with van der Waals surface area (Å²) in [4.78, 5) is 0. The van der Waals surface area contributed by atoms with Gasteiger partial charge >= 0.3 is 0 Å². The summed E-state index contributed by atoms with van der Waals surface area (Å²) in [5, 5.41) is 14.8. The monoisotopic (exact) mass is 286 g/mol. The highest BCUT2D eigenvalue weighted by Crippen LogP contribution is 2.13. The molecule has 1 atom stereocenters. The number of aliphatic hydroxyl groups excluding tert-OH is 1. The standard InChI is InChI=1S/C18H26N2O/c1-4-16-12-17(20(5-2)19-16)13-18(21)10-9-15-8-6-7-14(3)11-15/h6-8,11-12,18,21H,4-5,9-10,13H2,1-3H3. The molecule has 0 bridgehead atoms. The summed E-state index contributed by atoms with van der Waals surface area (Å²) >= 11 is 0. The molecule has 0 aliphatic heterocycles. The molecule has 3 heteroatoms. The molecule has 21 heavy (non-hydrogen) atoms. The smallest absolute Gasteiger partial charge is 0.0624 e. The van der Waals surface area contributed by atoms with E-state index in [-0.39, 0.29) is 6.10 Å². The molecule has 114 valence electrons. The minimum atomic E-state index is -0.308. The van der Waals surface area contributed by atoms with Crippen LogP contribution in [-0.2, 0) is 25.8 Å². The lowest BCUT2D eigenvalue weighted by Gasteiger charge is -2.12. The van der Waals surface area contributed by atoms with Gasteiger partial charge in [-0.05, 0) is 44.7 Å². The van der Waals surface area contributed by atoms with Gasteiger partial charge in [0, 0.05) is 18.7 Å². The fourth-order valence-corrected chi connectivity index (χ4v) is 2.67. The maximum Gasteiger partial charge on any atom is 0.0624 e. The average molecular weight is 286 g/mol. The van der Waals surface area contributed by atoms with E-state index in [1.807, 2.05) is 4.68 Å². The van der Waals surface area contributed by atoms with Crippen LogP contribution >= 0.6 is 0 Å². The Hall–Kier alpha value is -1.61. The Morgan fingerprint density at radius 2 is 2.05 bits per heavy atom. The second-order valence-electron chi connectivity index (χ2n) is 5.68. The van der Waals surface area contributed by atoms with Crippen molar-refractivity contribution in [2.24, 2.45) is 0 Å². The van der Waals surface area contributed by atoms with Crippen LogP contribution in [0.5, 0.6) is 0 Å². The van der Waals surface area contributed by atoms with Gasteiger partial charge in [0.25, 0.3) is 0 Å². The molecule has 0 saturated heterocycles. The highest BCUT2D eigenvalue weighted by molar-refractivity contribution is 5.22. The molecule has 1 N–H and O–H groups in total. The lowest BCUT2D eigenvalue weighted by molar-refractivity contribution is 0.162. The van der Waals surface area contributed by atoms with Crippen LogP contribution in [0.3, 0.4) is 0 Å². The number of aliphatic hydroxyl groups is 1. The van der Waals surface area contributed by atoms with Gasteiger partial charge in [-0.3, -0.25) is 4.68 Å². The Labute approximate surface area is 127 Å². The molecule has 3 nitrogen and oxygen atoms in total. The van der Waals surface area contributed by atoms with Gasteiger partial charge in [0.2, 0.25) is 0 Å². The van der Waals surface area contributed by atoms with Crippen molar-refractivity contribution in [3.63, 3.8) is 0 Å². The maximum atomic E-state index is 10.3. The minimum Gasteiger partial charge on any atom is -0.393 e. The summed E-state index contributed by atoms with van der Waals surface area (Å²) in [5.74, 6) is 0. The molecule has 0 spiro atoms. The topological polar surface area (TPSA) is 38.0 Å². The highest BCUT2D eigenvalue weighted by Gasteiger charge is 2.11. The van der Waals surface area contributed by atoms with Crippen LogP contribution in [-0.4, -0.2) is 21.0 Å². The van der Waals surface area contributed by atoms with Crippen molar-refractivity contribution < 1.29 is 5.11 Å². The first-order chi connectivity index (χ1) is 10.1. The molecule has 1 heterocycles. The van der Waals surface area contributed by atoms with Crippen molar-refractivity contribution in [3.05, 3.63) is 52.8 Å². The van der Waals surface area contributed by atoms with Gasteiger partial charge in [-0.2, -0.15) is 5.10 Å². The van der Waals surface area contributed by atoms with Crippen LogP contribution in [0, 0.1) is 6.92 Å². The van der Waals surface area contributed by atoms with Crippen molar-refractivity contribution in [1.29, 1.82) is 0 Å². The van der Waals surface area contributed by atoms with Gasteiger partial charge in [-0.25, -0.2) is 0 Å². The van der Waals surface area contributed by atoms with Crippen molar-refractivity contribution >= 4 is 0 Å². The van der Waals surface area contributed by atoms with Crippen LogP contribution in [0.1, 0.15) is 42.8 Å². The molecular weight excluding hydrogens is 260 g/mol. The predicted molar refractivity (Wildman–Crippen MR) is 86.5 cm³/mol. The zero-order chi connectivity index (χ0) is 15.2. The number of rotatable bonds is 7. The molecule has 0 fully saturated rings. The first-order valence-electron chi connectivity index (χ1n) is 7.91.